The van der Waals surface area contributed by atoms with Crippen LogP contribution in [0.1, 0.15) is 68.1 Å². The summed E-state index contributed by atoms with van der Waals surface area (Å²) in [6, 6.07) is 25.2. The Morgan fingerprint density at radius 2 is 1.60 bits per heavy atom. The predicted octanol–water partition coefficient (Wildman–Crippen LogP) is 6.28. The number of para-hydroxylation sites is 1. The van der Waals surface area contributed by atoms with Crippen LogP contribution in [0, 0.1) is 17.3 Å². The number of amides is 3. The third-order valence-electron chi connectivity index (χ3n) is 10.7. The summed E-state index contributed by atoms with van der Waals surface area (Å²) in [5.41, 5.74) is 9.55. The maximum absolute atomic E-state index is 12.1. The first kappa shape index (κ1) is 37.5. The molecule has 12 heteroatoms. The molecule has 0 spiro atoms. The predicted molar refractivity (Wildman–Crippen MR) is 216 cm³/mol. The van der Waals surface area contributed by atoms with E-state index in [-0.39, 0.29) is 23.7 Å². The van der Waals surface area contributed by atoms with Gasteiger partial charge < -0.3 is 25.6 Å². The molecule has 3 amide bonds. The van der Waals surface area contributed by atoms with Crippen molar-refractivity contribution in [3.8, 4) is 23.3 Å². The molecule has 0 atom stereocenters. The lowest BCUT2D eigenvalue weighted by Crippen LogP contribution is -2.49. The van der Waals surface area contributed by atoms with Gasteiger partial charge in [0.1, 0.15) is 29.5 Å². The third-order valence-corrected chi connectivity index (χ3v) is 10.7. The molecule has 284 valence electrons. The number of nitrogens with one attached hydrogen (secondary N) is 3. The molecule has 55 heavy (non-hydrogen) atoms. The molecule has 0 unspecified atom stereocenters. The van der Waals surface area contributed by atoms with Crippen LogP contribution in [0.2, 0.25) is 0 Å². The molecule has 3 saturated heterocycles. The number of rotatable bonds is 12. The Hall–Kier alpha value is -5.77. The second-order valence-corrected chi connectivity index (χ2v) is 14.4. The van der Waals surface area contributed by atoms with Gasteiger partial charge in [-0.2, -0.15) is 0 Å². The number of hydrogen-bond donors (Lipinski definition) is 4. The molecule has 0 bridgehead atoms. The number of nitrogen functional groups attached to an aromatic ring is 1. The maximum Gasteiger partial charge on any atom is 0.328 e. The number of nitrogens with two attached hydrogens (primary N) is 1. The lowest BCUT2D eigenvalue weighted by Gasteiger charge is -2.42. The van der Waals surface area contributed by atoms with Crippen molar-refractivity contribution in [2.24, 2.45) is 0 Å². The molecule has 3 aromatic carbocycles. The molecule has 0 aliphatic carbocycles. The van der Waals surface area contributed by atoms with Gasteiger partial charge in [0.25, 0.3) is 0 Å². The standard InChI is InChI=1S/C43H49N9O3/c44-40(32-13-17-37(18-14-32)55-36-9-5-3-6-10-36)39-41(45)46-30-47-42(39)48-33-19-27-51(28-20-33)34-21-25-50(26-22-34)24-7-2-1-4-8-31-11-15-35(16-12-31)52-29-23-38(53)49-43(52)54/h3,5-6,9-18,30,33-34,44H,1-2,7,19-29H2,(H,49,53,54)(H3,45,46,47,48). The van der Waals surface area contributed by atoms with Crippen molar-refractivity contribution < 1.29 is 14.3 Å². The first-order valence-corrected chi connectivity index (χ1v) is 19.4. The fourth-order valence-corrected chi connectivity index (χ4v) is 7.57. The summed E-state index contributed by atoms with van der Waals surface area (Å²) in [4.78, 5) is 39.1. The highest BCUT2D eigenvalue weighted by molar-refractivity contribution is 6.16. The van der Waals surface area contributed by atoms with Crippen LogP contribution in [0.5, 0.6) is 11.5 Å². The van der Waals surface area contributed by atoms with Crippen LogP contribution in [-0.4, -0.2) is 88.8 Å². The van der Waals surface area contributed by atoms with E-state index in [1.165, 1.54) is 19.2 Å². The number of benzene rings is 3. The van der Waals surface area contributed by atoms with Gasteiger partial charge in [0.15, 0.2) is 0 Å². The Labute approximate surface area is 323 Å². The largest absolute Gasteiger partial charge is 0.457 e. The summed E-state index contributed by atoms with van der Waals surface area (Å²) in [7, 11) is 0. The van der Waals surface area contributed by atoms with Gasteiger partial charge >= 0.3 is 6.03 Å². The van der Waals surface area contributed by atoms with Gasteiger partial charge in [-0.25, -0.2) is 14.8 Å². The summed E-state index contributed by atoms with van der Waals surface area (Å²) >= 11 is 0. The molecule has 3 aliphatic rings. The molecule has 0 radical (unpaired) electrons. The van der Waals surface area contributed by atoms with E-state index in [0.717, 1.165) is 81.8 Å². The van der Waals surface area contributed by atoms with Gasteiger partial charge in [-0.1, -0.05) is 30.0 Å². The van der Waals surface area contributed by atoms with Gasteiger partial charge in [-0.15, -0.1) is 0 Å². The first-order valence-electron chi connectivity index (χ1n) is 19.4. The maximum atomic E-state index is 12.1. The Bertz CT molecular complexity index is 2000. The number of carbonyl (C=O) groups excluding carboxylic acids is 2. The van der Waals surface area contributed by atoms with Gasteiger partial charge in [-0.05, 0) is 119 Å². The molecule has 1 aromatic heterocycles. The number of anilines is 3. The Kier molecular flexibility index (Phi) is 12.3. The van der Waals surface area contributed by atoms with E-state index < -0.39 is 0 Å². The smallest absolute Gasteiger partial charge is 0.328 e. The number of imide groups is 1. The highest BCUT2D eigenvalue weighted by Crippen LogP contribution is 2.28. The van der Waals surface area contributed by atoms with Crippen molar-refractivity contribution in [2.75, 3.05) is 55.2 Å². The number of likely N-dealkylation sites (tertiary alicyclic amines) is 2. The highest BCUT2D eigenvalue weighted by Gasteiger charge is 2.29. The van der Waals surface area contributed by atoms with E-state index in [0.29, 0.717) is 47.5 Å². The average molecular weight is 740 g/mol. The molecule has 4 aromatic rings. The quantitative estimate of drug-likeness (QED) is 0.0748. The van der Waals surface area contributed by atoms with Crippen molar-refractivity contribution >= 4 is 35.0 Å². The summed E-state index contributed by atoms with van der Waals surface area (Å²) in [6.07, 6.45) is 9.25. The average Bonchev–Trinajstić information content (AvgIpc) is 3.21. The SMILES string of the molecule is N=C(c1ccc(Oc2ccccc2)cc1)c1c(N)ncnc1NC1CCN(C2CCN(CCCCC#Cc3ccc(N4CCC(=O)NC4=O)cc3)CC2)CC1. The number of ether oxygens (including phenoxy) is 1. The zero-order chi connectivity index (χ0) is 38.0. The topological polar surface area (TPSA) is 153 Å². The van der Waals surface area contributed by atoms with E-state index >= 15 is 0 Å². The monoisotopic (exact) mass is 739 g/mol. The Morgan fingerprint density at radius 1 is 0.873 bits per heavy atom. The number of urea groups is 1. The highest BCUT2D eigenvalue weighted by atomic mass is 16.5. The molecular weight excluding hydrogens is 691 g/mol. The van der Waals surface area contributed by atoms with E-state index in [1.54, 1.807) is 4.90 Å². The van der Waals surface area contributed by atoms with E-state index in [1.807, 2.05) is 78.9 Å². The lowest BCUT2D eigenvalue weighted by molar-refractivity contribution is -0.120. The number of aromatic nitrogens is 2. The number of carbonyl (C=O) groups is 2. The zero-order valence-electron chi connectivity index (χ0n) is 31.2. The molecule has 12 nitrogen and oxygen atoms in total. The van der Waals surface area contributed by atoms with Crippen LogP contribution < -0.4 is 26.0 Å². The van der Waals surface area contributed by atoms with Gasteiger partial charge in [0.2, 0.25) is 5.91 Å². The minimum Gasteiger partial charge on any atom is -0.457 e. The number of unbranched alkanes of at least 4 members (excludes halogenated alkanes) is 2. The van der Waals surface area contributed by atoms with Gasteiger partial charge in [0.05, 0.1) is 11.3 Å². The van der Waals surface area contributed by atoms with Crippen LogP contribution in [0.3, 0.4) is 0 Å². The van der Waals surface area contributed by atoms with Crippen molar-refractivity contribution in [3.63, 3.8) is 0 Å². The van der Waals surface area contributed by atoms with E-state index in [4.69, 9.17) is 15.9 Å². The minimum atomic E-state index is -0.373. The Balaban J connectivity index is 0.807. The number of nitrogens with zero attached hydrogens (tertiary/aromatic N) is 5. The first-order chi connectivity index (χ1) is 26.9. The molecular formula is C43H49N9O3. The zero-order valence-corrected chi connectivity index (χ0v) is 31.2. The van der Waals surface area contributed by atoms with Gasteiger partial charge in [0, 0.05) is 61.4 Å². The van der Waals surface area contributed by atoms with Crippen LogP contribution in [0.4, 0.5) is 22.1 Å². The fourth-order valence-electron chi connectivity index (χ4n) is 7.57. The van der Waals surface area contributed by atoms with Crippen molar-refractivity contribution in [2.45, 2.75) is 63.5 Å². The summed E-state index contributed by atoms with van der Waals surface area (Å²) in [6.45, 7) is 5.85. The molecule has 5 N–H and O–H groups in total. The van der Waals surface area contributed by atoms with Crippen molar-refractivity contribution in [1.29, 1.82) is 5.41 Å². The van der Waals surface area contributed by atoms with Crippen LogP contribution in [-0.2, 0) is 4.79 Å². The van der Waals surface area contributed by atoms with Crippen molar-refractivity contribution in [1.82, 2.24) is 25.1 Å². The Morgan fingerprint density at radius 3 is 2.33 bits per heavy atom. The third kappa shape index (κ3) is 9.86. The summed E-state index contributed by atoms with van der Waals surface area (Å²) in [5, 5.41) is 15.0. The number of piperidine rings is 2. The second kappa shape index (κ2) is 18.0. The van der Waals surface area contributed by atoms with Gasteiger partial charge in [-0.3, -0.25) is 20.4 Å². The van der Waals surface area contributed by atoms with Crippen LogP contribution in [0.15, 0.2) is 85.2 Å². The van der Waals surface area contributed by atoms with E-state index in [2.05, 4.69) is 42.2 Å². The molecule has 7 rings (SSSR count). The van der Waals surface area contributed by atoms with Crippen LogP contribution in [0.25, 0.3) is 0 Å². The molecule has 3 aliphatic heterocycles. The lowest BCUT2D eigenvalue weighted by atomic mass is 9.97. The normalized spacial score (nSPS) is 17.3. The molecule has 4 heterocycles. The van der Waals surface area contributed by atoms with Crippen LogP contribution >= 0.6 is 0 Å². The fraction of sp³-hybridized carbons (Fsp3) is 0.372. The second-order valence-electron chi connectivity index (χ2n) is 14.4. The summed E-state index contributed by atoms with van der Waals surface area (Å²) in [5.74, 6) is 8.67. The van der Waals surface area contributed by atoms with Crippen molar-refractivity contribution in [3.05, 3.63) is 102 Å². The minimum absolute atomic E-state index is 0.231. The molecule has 3 fully saturated rings. The summed E-state index contributed by atoms with van der Waals surface area (Å²) < 4.78 is 5.93. The molecule has 0 saturated carbocycles. The van der Waals surface area contributed by atoms with E-state index in [9.17, 15) is 9.59 Å². The number of hydrogen-bond acceptors (Lipinski definition) is 10.